The molecule has 4 nitrogen and oxygen atoms in total. The van der Waals surface area contributed by atoms with Gasteiger partial charge in [0.1, 0.15) is 0 Å². The maximum absolute atomic E-state index is 12.0. The zero-order chi connectivity index (χ0) is 15.5. The van der Waals surface area contributed by atoms with Crippen molar-refractivity contribution < 1.29 is 9.63 Å². The van der Waals surface area contributed by atoms with E-state index in [0.717, 1.165) is 13.1 Å². The van der Waals surface area contributed by atoms with E-state index >= 15 is 0 Å². The molecule has 1 aromatic carbocycles. The highest BCUT2D eigenvalue weighted by Crippen LogP contribution is 2.37. The van der Waals surface area contributed by atoms with Gasteiger partial charge in [-0.3, -0.25) is 0 Å². The van der Waals surface area contributed by atoms with E-state index in [1.807, 2.05) is 25.2 Å². The van der Waals surface area contributed by atoms with E-state index in [1.165, 1.54) is 0 Å². The predicted octanol–water partition coefficient (Wildman–Crippen LogP) is 2.23. The van der Waals surface area contributed by atoms with Crippen LogP contribution in [0, 0.1) is 11.3 Å². The lowest BCUT2D eigenvalue weighted by molar-refractivity contribution is -0.103. The third-order valence-electron chi connectivity index (χ3n) is 4.51. The molecule has 116 valence electrons. The molecule has 5 heteroatoms. The van der Waals surface area contributed by atoms with Crippen molar-refractivity contribution >= 4 is 18.6 Å². The van der Waals surface area contributed by atoms with E-state index in [1.54, 1.807) is 17.2 Å². The molecule has 0 saturated carbocycles. The Bertz CT molecular complexity index is 480. The van der Waals surface area contributed by atoms with Crippen LogP contribution in [0.25, 0.3) is 0 Å². The first-order chi connectivity index (χ1) is 9.93. The summed E-state index contributed by atoms with van der Waals surface area (Å²) < 4.78 is 0. The van der Waals surface area contributed by atoms with E-state index in [0.29, 0.717) is 18.0 Å². The molecule has 0 radical (unpaired) electrons. The van der Waals surface area contributed by atoms with Gasteiger partial charge >= 0.3 is 5.97 Å². The lowest BCUT2D eigenvalue weighted by Crippen LogP contribution is -2.41. The van der Waals surface area contributed by atoms with Gasteiger partial charge in [-0.05, 0) is 30.0 Å². The first kappa shape index (κ1) is 16.3. The Morgan fingerprint density at radius 2 is 2.19 bits per heavy atom. The Hall–Kier alpha value is -1.04. The molecule has 1 aliphatic heterocycles. The highest BCUT2D eigenvalue weighted by Gasteiger charge is 2.42. The van der Waals surface area contributed by atoms with E-state index in [-0.39, 0.29) is 16.6 Å². The molecular formula is C16H24N2O2S. The van der Waals surface area contributed by atoms with Crippen LogP contribution in [0.1, 0.15) is 24.2 Å². The third kappa shape index (κ3) is 3.78. The molecular weight excluding hydrogens is 284 g/mol. The zero-order valence-corrected chi connectivity index (χ0v) is 13.8. The molecule has 0 spiro atoms. The minimum Gasteiger partial charge on any atom is -0.364 e. The molecule has 0 amide bonds. The fraction of sp³-hybridized carbons (Fsp3) is 0.562. The van der Waals surface area contributed by atoms with Crippen molar-refractivity contribution in [3.05, 3.63) is 35.9 Å². The van der Waals surface area contributed by atoms with Crippen LogP contribution in [-0.4, -0.2) is 43.0 Å². The average molecular weight is 308 g/mol. The summed E-state index contributed by atoms with van der Waals surface area (Å²) in [6, 6.07) is 9.05. The predicted molar refractivity (Wildman–Crippen MR) is 87.4 cm³/mol. The van der Waals surface area contributed by atoms with Gasteiger partial charge in [0.15, 0.2) is 0 Å². The van der Waals surface area contributed by atoms with Crippen LogP contribution < -0.4 is 5.32 Å². The summed E-state index contributed by atoms with van der Waals surface area (Å²) in [4.78, 5) is 17.4. The van der Waals surface area contributed by atoms with Gasteiger partial charge in [0.2, 0.25) is 0 Å². The lowest BCUT2D eigenvalue weighted by atomic mass is 9.77. The largest absolute Gasteiger partial charge is 0.364 e. The van der Waals surface area contributed by atoms with Crippen LogP contribution in [-0.2, 0) is 4.84 Å². The molecule has 0 aromatic heterocycles. The molecule has 2 unspecified atom stereocenters. The van der Waals surface area contributed by atoms with Crippen LogP contribution >= 0.6 is 12.6 Å². The number of carbonyl (C=O) groups excluding carboxylic acids is 1. The fourth-order valence-corrected chi connectivity index (χ4v) is 3.07. The van der Waals surface area contributed by atoms with E-state index in [4.69, 9.17) is 4.84 Å². The fourth-order valence-electron chi connectivity index (χ4n) is 2.77. The number of rotatable bonds is 5. The summed E-state index contributed by atoms with van der Waals surface area (Å²) in [5.74, 6) is 0.0863. The van der Waals surface area contributed by atoms with Crippen molar-refractivity contribution in [1.29, 1.82) is 0 Å². The molecule has 1 saturated heterocycles. The first-order valence-electron chi connectivity index (χ1n) is 7.31. The number of hydroxylamine groups is 2. The number of hydrogen-bond donors (Lipinski definition) is 2. The minimum absolute atomic E-state index is 0.108. The number of nitrogens with one attached hydrogen (secondary N) is 1. The molecule has 1 N–H and O–H groups in total. The summed E-state index contributed by atoms with van der Waals surface area (Å²) in [6.07, 6.45) is 0. The smallest absolute Gasteiger partial charge is 0.357 e. The maximum Gasteiger partial charge on any atom is 0.357 e. The van der Waals surface area contributed by atoms with Crippen LogP contribution in [0.5, 0.6) is 0 Å². The normalized spacial score (nSPS) is 26.8. The molecule has 21 heavy (non-hydrogen) atoms. The monoisotopic (exact) mass is 308 g/mol. The minimum atomic E-state index is -0.315. The number of hydrogen-bond acceptors (Lipinski definition) is 5. The van der Waals surface area contributed by atoms with E-state index in [2.05, 4.69) is 31.8 Å². The molecule has 1 heterocycles. The van der Waals surface area contributed by atoms with Gasteiger partial charge in [-0.1, -0.05) is 32.0 Å². The van der Waals surface area contributed by atoms with Crippen LogP contribution in [0.3, 0.4) is 0 Å². The SMILES string of the molecule is CC(S)C1(C)CNC[C@H]1CN(C)OC(=O)c1ccccc1. The summed E-state index contributed by atoms with van der Waals surface area (Å²) in [5, 5.41) is 5.35. The van der Waals surface area contributed by atoms with Crippen LogP contribution in [0.2, 0.25) is 0 Å². The molecule has 1 aliphatic rings. The Morgan fingerprint density at radius 1 is 1.52 bits per heavy atom. The lowest BCUT2D eigenvalue weighted by Gasteiger charge is -2.35. The van der Waals surface area contributed by atoms with E-state index in [9.17, 15) is 4.79 Å². The van der Waals surface area contributed by atoms with Gasteiger partial charge in [-0.15, -0.1) is 5.06 Å². The zero-order valence-electron chi connectivity index (χ0n) is 12.9. The van der Waals surface area contributed by atoms with Gasteiger partial charge in [-0.25, -0.2) is 4.79 Å². The summed E-state index contributed by atoms with van der Waals surface area (Å²) in [5.41, 5.74) is 0.676. The van der Waals surface area contributed by atoms with Crippen molar-refractivity contribution in [3.63, 3.8) is 0 Å². The van der Waals surface area contributed by atoms with Crippen molar-refractivity contribution in [2.45, 2.75) is 19.1 Å². The Kier molecular flexibility index (Phi) is 5.30. The second kappa shape index (κ2) is 6.81. The van der Waals surface area contributed by atoms with Gasteiger partial charge in [0.25, 0.3) is 0 Å². The molecule has 1 fully saturated rings. The molecule has 2 rings (SSSR count). The number of nitrogens with zero attached hydrogens (tertiary/aromatic N) is 1. The van der Waals surface area contributed by atoms with Crippen LogP contribution in [0.4, 0.5) is 0 Å². The Balaban J connectivity index is 1.93. The molecule has 3 atom stereocenters. The molecule has 0 aliphatic carbocycles. The van der Waals surface area contributed by atoms with Crippen molar-refractivity contribution in [2.75, 3.05) is 26.7 Å². The van der Waals surface area contributed by atoms with E-state index < -0.39 is 0 Å². The van der Waals surface area contributed by atoms with Gasteiger partial charge in [0, 0.05) is 25.4 Å². The topological polar surface area (TPSA) is 41.6 Å². The average Bonchev–Trinajstić information content (AvgIpc) is 2.82. The molecule has 0 bridgehead atoms. The second-order valence-corrected chi connectivity index (χ2v) is 6.84. The van der Waals surface area contributed by atoms with Gasteiger partial charge in [0.05, 0.1) is 5.56 Å². The molecule has 1 aromatic rings. The first-order valence-corrected chi connectivity index (χ1v) is 7.82. The third-order valence-corrected chi connectivity index (χ3v) is 5.10. The Morgan fingerprint density at radius 3 is 2.81 bits per heavy atom. The van der Waals surface area contributed by atoms with Gasteiger partial charge < -0.3 is 10.2 Å². The number of benzene rings is 1. The highest BCUT2D eigenvalue weighted by atomic mass is 32.1. The van der Waals surface area contributed by atoms with Gasteiger partial charge in [-0.2, -0.15) is 12.6 Å². The highest BCUT2D eigenvalue weighted by molar-refractivity contribution is 7.81. The summed E-state index contributed by atoms with van der Waals surface area (Å²) in [7, 11) is 1.81. The maximum atomic E-state index is 12.0. The number of carbonyl (C=O) groups is 1. The van der Waals surface area contributed by atoms with Crippen LogP contribution in [0.15, 0.2) is 30.3 Å². The summed E-state index contributed by atoms with van der Waals surface area (Å²) in [6.45, 7) is 6.94. The quantitative estimate of drug-likeness (QED) is 0.646. The Labute approximate surface area is 132 Å². The number of thiol groups is 1. The summed E-state index contributed by atoms with van der Waals surface area (Å²) >= 11 is 4.62. The van der Waals surface area contributed by atoms with Crippen molar-refractivity contribution in [1.82, 2.24) is 10.4 Å². The standard InChI is InChI=1S/C16H24N2O2S/c1-12(21)16(2)11-17-9-14(16)10-18(3)20-15(19)13-7-5-4-6-8-13/h4-8,12,14,17,21H,9-11H2,1-3H3/t12?,14-,16?/m0/s1. The van der Waals surface area contributed by atoms with Crippen molar-refractivity contribution in [3.8, 4) is 0 Å². The second-order valence-electron chi connectivity index (χ2n) is 6.06. The van der Waals surface area contributed by atoms with Crippen molar-refractivity contribution in [2.24, 2.45) is 11.3 Å².